The van der Waals surface area contributed by atoms with Gasteiger partial charge in [0.2, 0.25) is 0 Å². The summed E-state index contributed by atoms with van der Waals surface area (Å²) in [6.45, 7) is 5.56. The van der Waals surface area contributed by atoms with Crippen molar-refractivity contribution in [3.63, 3.8) is 0 Å². The minimum atomic E-state index is -0.568. The van der Waals surface area contributed by atoms with Gasteiger partial charge in [0.25, 0.3) is 0 Å². The first-order valence-electron chi connectivity index (χ1n) is 5.87. The van der Waals surface area contributed by atoms with Gasteiger partial charge in [0.05, 0.1) is 6.04 Å². The van der Waals surface area contributed by atoms with E-state index < -0.39 is 17.7 Å². The van der Waals surface area contributed by atoms with Crippen molar-refractivity contribution in [3.05, 3.63) is 33.8 Å². The number of nitrogens with one attached hydrogen (secondary N) is 1. The van der Waals surface area contributed by atoms with Crippen molar-refractivity contribution in [1.82, 2.24) is 5.32 Å². The Morgan fingerprint density at radius 3 is 2.58 bits per heavy atom. The monoisotopic (exact) mass is 304 g/mol. The lowest BCUT2D eigenvalue weighted by atomic mass is 10.1. The summed E-state index contributed by atoms with van der Waals surface area (Å²) >= 11 is 12.0. The quantitative estimate of drug-likeness (QED) is 0.898. The number of carbonyl (C=O) groups excluding carboxylic acids is 1. The summed E-state index contributed by atoms with van der Waals surface area (Å²) in [5, 5.41) is 3.71. The van der Waals surface area contributed by atoms with Gasteiger partial charge < -0.3 is 15.8 Å². The molecular formula is C13H18Cl2N2O2. The van der Waals surface area contributed by atoms with E-state index in [0.717, 1.165) is 0 Å². The van der Waals surface area contributed by atoms with E-state index in [-0.39, 0.29) is 6.54 Å². The Hall–Kier alpha value is -0.970. The van der Waals surface area contributed by atoms with Crippen LogP contribution in [0.25, 0.3) is 0 Å². The standard InChI is InChI=1S/C13H18Cl2N2O2/c1-13(2,3)19-12(18)17-11(7-16)9-6-8(14)4-5-10(9)15/h4-6,11H,7,16H2,1-3H3,(H,17,18). The Kier molecular flexibility index (Phi) is 5.47. The zero-order valence-electron chi connectivity index (χ0n) is 11.2. The van der Waals surface area contributed by atoms with E-state index in [1.165, 1.54) is 0 Å². The van der Waals surface area contributed by atoms with Gasteiger partial charge in [0, 0.05) is 16.6 Å². The molecule has 0 heterocycles. The predicted octanol–water partition coefficient (Wildman–Crippen LogP) is 3.52. The average Bonchev–Trinajstić information content (AvgIpc) is 2.27. The van der Waals surface area contributed by atoms with E-state index in [0.29, 0.717) is 15.6 Å². The van der Waals surface area contributed by atoms with Crippen LogP contribution in [-0.2, 0) is 4.74 Å². The molecule has 6 heteroatoms. The Morgan fingerprint density at radius 1 is 1.42 bits per heavy atom. The van der Waals surface area contributed by atoms with Gasteiger partial charge in [-0.2, -0.15) is 0 Å². The lowest BCUT2D eigenvalue weighted by Gasteiger charge is -2.23. The first-order chi connectivity index (χ1) is 8.73. The van der Waals surface area contributed by atoms with E-state index in [1.54, 1.807) is 39.0 Å². The number of hydrogen-bond donors (Lipinski definition) is 2. The molecule has 1 amide bonds. The van der Waals surface area contributed by atoms with Crippen LogP contribution in [0.15, 0.2) is 18.2 Å². The zero-order chi connectivity index (χ0) is 14.6. The summed E-state index contributed by atoms with van der Waals surface area (Å²) in [5.41, 5.74) is 5.76. The van der Waals surface area contributed by atoms with Crippen LogP contribution in [0.1, 0.15) is 32.4 Å². The van der Waals surface area contributed by atoms with E-state index in [2.05, 4.69) is 5.32 Å². The molecule has 0 radical (unpaired) electrons. The molecule has 1 rings (SSSR count). The molecule has 106 valence electrons. The third kappa shape index (κ3) is 5.27. The Labute approximate surface area is 123 Å². The average molecular weight is 305 g/mol. The van der Waals surface area contributed by atoms with Crippen molar-refractivity contribution in [2.75, 3.05) is 6.54 Å². The first kappa shape index (κ1) is 16.1. The van der Waals surface area contributed by atoms with Gasteiger partial charge in [-0.3, -0.25) is 0 Å². The highest BCUT2D eigenvalue weighted by Crippen LogP contribution is 2.26. The summed E-state index contributed by atoms with van der Waals surface area (Å²) in [6, 6.07) is 4.58. The maximum Gasteiger partial charge on any atom is 0.408 e. The molecule has 0 fully saturated rings. The second-order valence-corrected chi connectivity index (χ2v) is 5.94. The van der Waals surface area contributed by atoms with E-state index >= 15 is 0 Å². The van der Waals surface area contributed by atoms with Gasteiger partial charge >= 0.3 is 6.09 Å². The number of rotatable bonds is 3. The number of halogens is 2. The van der Waals surface area contributed by atoms with Crippen LogP contribution in [0.3, 0.4) is 0 Å². The molecule has 0 aliphatic rings. The van der Waals surface area contributed by atoms with Crippen LogP contribution in [0.4, 0.5) is 4.79 Å². The molecule has 0 aliphatic carbocycles. The molecule has 19 heavy (non-hydrogen) atoms. The Morgan fingerprint density at radius 2 is 2.05 bits per heavy atom. The Balaban J connectivity index is 2.84. The highest BCUT2D eigenvalue weighted by Gasteiger charge is 2.21. The molecule has 1 aromatic rings. The minimum Gasteiger partial charge on any atom is -0.444 e. The van der Waals surface area contributed by atoms with E-state index in [4.69, 9.17) is 33.7 Å². The van der Waals surface area contributed by atoms with E-state index in [1.807, 2.05) is 0 Å². The molecular weight excluding hydrogens is 287 g/mol. The molecule has 0 spiro atoms. The van der Waals surface area contributed by atoms with Crippen molar-refractivity contribution in [1.29, 1.82) is 0 Å². The topological polar surface area (TPSA) is 64.3 Å². The summed E-state index contributed by atoms with van der Waals surface area (Å²) < 4.78 is 5.18. The molecule has 1 unspecified atom stereocenters. The Bertz CT molecular complexity index is 458. The zero-order valence-corrected chi connectivity index (χ0v) is 12.7. The number of nitrogens with two attached hydrogens (primary N) is 1. The SMILES string of the molecule is CC(C)(C)OC(=O)NC(CN)c1cc(Cl)ccc1Cl. The van der Waals surface area contributed by atoms with E-state index in [9.17, 15) is 4.79 Å². The summed E-state index contributed by atoms with van der Waals surface area (Å²) in [7, 11) is 0. The maximum atomic E-state index is 11.7. The molecule has 1 aromatic carbocycles. The third-order valence-electron chi connectivity index (χ3n) is 2.26. The minimum absolute atomic E-state index is 0.194. The number of alkyl carbamates (subject to hydrolysis) is 1. The predicted molar refractivity (Wildman–Crippen MR) is 77.6 cm³/mol. The lowest BCUT2D eigenvalue weighted by molar-refractivity contribution is 0.0505. The normalized spacial score (nSPS) is 12.9. The second-order valence-electron chi connectivity index (χ2n) is 5.10. The number of carbonyl (C=O) groups is 1. The van der Waals surface area contributed by atoms with Crippen molar-refractivity contribution in [3.8, 4) is 0 Å². The molecule has 0 aliphatic heterocycles. The van der Waals surface area contributed by atoms with Crippen molar-refractivity contribution in [2.24, 2.45) is 5.73 Å². The van der Waals surface area contributed by atoms with Gasteiger partial charge in [-0.05, 0) is 44.5 Å². The van der Waals surface area contributed by atoms with Crippen molar-refractivity contribution >= 4 is 29.3 Å². The van der Waals surface area contributed by atoms with Gasteiger partial charge in [-0.1, -0.05) is 23.2 Å². The molecule has 3 N–H and O–H groups in total. The molecule has 0 saturated carbocycles. The maximum absolute atomic E-state index is 11.7. The largest absolute Gasteiger partial charge is 0.444 e. The number of hydrogen-bond acceptors (Lipinski definition) is 3. The molecule has 0 bridgehead atoms. The van der Waals surface area contributed by atoms with Crippen molar-refractivity contribution in [2.45, 2.75) is 32.4 Å². The molecule has 1 atom stereocenters. The van der Waals surface area contributed by atoms with Crippen LogP contribution in [0.5, 0.6) is 0 Å². The fourth-order valence-electron chi connectivity index (χ4n) is 1.50. The molecule has 4 nitrogen and oxygen atoms in total. The first-order valence-corrected chi connectivity index (χ1v) is 6.63. The lowest BCUT2D eigenvalue weighted by Crippen LogP contribution is -2.37. The summed E-state index contributed by atoms with van der Waals surface area (Å²) in [6.07, 6.45) is -0.543. The van der Waals surface area contributed by atoms with Crippen LogP contribution in [0, 0.1) is 0 Å². The van der Waals surface area contributed by atoms with Crippen LogP contribution >= 0.6 is 23.2 Å². The smallest absolute Gasteiger partial charge is 0.408 e. The summed E-state index contributed by atoms with van der Waals surface area (Å²) in [5.74, 6) is 0. The number of benzene rings is 1. The second kappa shape index (κ2) is 6.46. The third-order valence-corrected chi connectivity index (χ3v) is 2.84. The fraction of sp³-hybridized carbons (Fsp3) is 0.462. The van der Waals surface area contributed by atoms with Gasteiger partial charge in [0.15, 0.2) is 0 Å². The van der Waals surface area contributed by atoms with Crippen LogP contribution in [-0.4, -0.2) is 18.2 Å². The number of amides is 1. The van der Waals surface area contributed by atoms with Crippen LogP contribution < -0.4 is 11.1 Å². The highest BCUT2D eigenvalue weighted by molar-refractivity contribution is 6.33. The van der Waals surface area contributed by atoms with Crippen LogP contribution in [0.2, 0.25) is 10.0 Å². The molecule has 0 aromatic heterocycles. The van der Waals surface area contributed by atoms with Gasteiger partial charge in [-0.15, -0.1) is 0 Å². The van der Waals surface area contributed by atoms with Crippen molar-refractivity contribution < 1.29 is 9.53 Å². The fourth-order valence-corrected chi connectivity index (χ4v) is 1.92. The highest BCUT2D eigenvalue weighted by atomic mass is 35.5. The van der Waals surface area contributed by atoms with Gasteiger partial charge in [-0.25, -0.2) is 4.79 Å². The molecule has 0 saturated heterocycles. The summed E-state index contributed by atoms with van der Waals surface area (Å²) in [4.78, 5) is 11.7. The number of ether oxygens (including phenoxy) is 1. The van der Waals surface area contributed by atoms with Gasteiger partial charge in [0.1, 0.15) is 5.60 Å².